The Morgan fingerprint density at radius 2 is 2.15 bits per heavy atom. The van der Waals surface area contributed by atoms with Gasteiger partial charge in [-0.05, 0) is 13.8 Å². The van der Waals surface area contributed by atoms with Crippen LogP contribution in [0.5, 0.6) is 5.75 Å². The Bertz CT molecular complexity index is 382. The number of rotatable bonds is 1. The molecule has 1 rings (SSSR count). The SMILES string of the molecule is Cc1cc(=O)c(O)c(C(C)F)n1C. The second-order valence-corrected chi connectivity index (χ2v) is 3.06. The number of pyridine rings is 1. The number of aryl methyl sites for hydroxylation is 1. The summed E-state index contributed by atoms with van der Waals surface area (Å²) in [6, 6.07) is 1.28. The van der Waals surface area contributed by atoms with E-state index in [-0.39, 0.29) is 5.69 Å². The van der Waals surface area contributed by atoms with Gasteiger partial charge in [0.1, 0.15) is 6.17 Å². The molecule has 0 fully saturated rings. The van der Waals surface area contributed by atoms with Crippen LogP contribution in [0.25, 0.3) is 0 Å². The fourth-order valence-electron chi connectivity index (χ4n) is 1.29. The average Bonchev–Trinajstić information content (AvgIpc) is 2.01. The van der Waals surface area contributed by atoms with Gasteiger partial charge in [-0.3, -0.25) is 4.79 Å². The van der Waals surface area contributed by atoms with E-state index in [2.05, 4.69) is 0 Å². The predicted octanol–water partition coefficient (Wildman–Crippen LogP) is 1.43. The van der Waals surface area contributed by atoms with Crippen LogP contribution in [0, 0.1) is 6.92 Å². The van der Waals surface area contributed by atoms with Gasteiger partial charge in [-0.1, -0.05) is 0 Å². The lowest BCUT2D eigenvalue weighted by Gasteiger charge is -2.13. The van der Waals surface area contributed by atoms with Gasteiger partial charge < -0.3 is 9.67 Å². The smallest absolute Gasteiger partial charge is 0.223 e. The summed E-state index contributed by atoms with van der Waals surface area (Å²) in [7, 11) is 1.61. The summed E-state index contributed by atoms with van der Waals surface area (Å²) in [5, 5.41) is 9.30. The Labute approximate surface area is 75.4 Å². The minimum absolute atomic E-state index is 0.0324. The Balaban J connectivity index is 3.56. The van der Waals surface area contributed by atoms with Gasteiger partial charge >= 0.3 is 0 Å². The van der Waals surface area contributed by atoms with E-state index in [4.69, 9.17) is 0 Å². The van der Waals surface area contributed by atoms with Crippen molar-refractivity contribution in [2.75, 3.05) is 0 Å². The molecule has 0 aliphatic rings. The Morgan fingerprint density at radius 1 is 1.62 bits per heavy atom. The van der Waals surface area contributed by atoms with E-state index >= 15 is 0 Å². The first-order chi connectivity index (χ1) is 5.95. The van der Waals surface area contributed by atoms with Crippen molar-refractivity contribution in [2.24, 2.45) is 7.05 Å². The van der Waals surface area contributed by atoms with Crippen LogP contribution in [0.4, 0.5) is 4.39 Å². The molecule has 4 heteroatoms. The van der Waals surface area contributed by atoms with Gasteiger partial charge in [-0.25, -0.2) is 4.39 Å². The van der Waals surface area contributed by atoms with Crippen molar-refractivity contribution in [3.05, 3.63) is 27.7 Å². The predicted molar refractivity (Wildman–Crippen MR) is 47.6 cm³/mol. The molecule has 3 nitrogen and oxygen atoms in total. The third-order valence-electron chi connectivity index (χ3n) is 2.08. The monoisotopic (exact) mass is 185 g/mol. The maximum absolute atomic E-state index is 13.0. The molecule has 0 saturated heterocycles. The van der Waals surface area contributed by atoms with Gasteiger partial charge in [-0.2, -0.15) is 0 Å². The number of aromatic nitrogens is 1. The molecule has 0 radical (unpaired) electrons. The van der Waals surface area contributed by atoms with E-state index in [9.17, 15) is 14.3 Å². The second-order valence-electron chi connectivity index (χ2n) is 3.06. The summed E-state index contributed by atoms with van der Waals surface area (Å²) < 4.78 is 14.5. The molecule has 1 heterocycles. The molecule has 0 spiro atoms. The zero-order valence-electron chi connectivity index (χ0n) is 7.84. The zero-order valence-corrected chi connectivity index (χ0v) is 7.84. The van der Waals surface area contributed by atoms with Gasteiger partial charge in [0.05, 0.1) is 5.69 Å². The van der Waals surface area contributed by atoms with E-state index in [1.807, 2.05) is 0 Å². The molecule has 0 amide bonds. The van der Waals surface area contributed by atoms with Gasteiger partial charge in [0, 0.05) is 18.8 Å². The van der Waals surface area contributed by atoms with Gasteiger partial charge in [-0.15, -0.1) is 0 Å². The third kappa shape index (κ3) is 1.56. The van der Waals surface area contributed by atoms with Crippen molar-refractivity contribution in [1.29, 1.82) is 0 Å². The van der Waals surface area contributed by atoms with Crippen LogP contribution in [-0.4, -0.2) is 9.67 Å². The third-order valence-corrected chi connectivity index (χ3v) is 2.08. The largest absolute Gasteiger partial charge is 0.503 e. The van der Waals surface area contributed by atoms with E-state index in [0.29, 0.717) is 5.69 Å². The topological polar surface area (TPSA) is 42.2 Å². The standard InChI is InChI=1S/C9H12FNO2/c1-5-4-7(12)9(13)8(6(2)10)11(5)3/h4,6,13H,1-3H3. The minimum Gasteiger partial charge on any atom is -0.503 e. The summed E-state index contributed by atoms with van der Waals surface area (Å²) in [6.07, 6.45) is -1.35. The molecule has 1 atom stereocenters. The lowest BCUT2D eigenvalue weighted by molar-refractivity contribution is 0.334. The molecule has 0 bridgehead atoms. The molecule has 72 valence electrons. The first-order valence-electron chi connectivity index (χ1n) is 3.98. The lowest BCUT2D eigenvalue weighted by atomic mass is 10.2. The molecule has 13 heavy (non-hydrogen) atoms. The van der Waals surface area contributed by atoms with Crippen molar-refractivity contribution >= 4 is 0 Å². The molecule has 0 aliphatic carbocycles. The highest BCUT2D eigenvalue weighted by atomic mass is 19.1. The van der Waals surface area contributed by atoms with Crippen LogP contribution >= 0.6 is 0 Å². The number of halogens is 1. The molecule has 1 aromatic heterocycles. The van der Waals surface area contributed by atoms with Gasteiger partial charge in [0.2, 0.25) is 5.43 Å². The van der Waals surface area contributed by atoms with Crippen LogP contribution in [0.15, 0.2) is 10.9 Å². The summed E-state index contributed by atoms with van der Waals surface area (Å²) in [5.74, 6) is -0.497. The average molecular weight is 185 g/mol. The maximum Gasteiger partial charge on any atom is 0.223 e. The van der Waals surface area contributed by atoms with Crippen molar-refractivity contribution < 1.29 is 9.50 Å². The summed E-state index contributed by atoms with van der Waals surface area (Å²) in [6.45, 7) is 2.97. The first-order valence-corrected chi connectivity index (χ1v) is 3.98. The van der Waals surface area contributed by atoms with Crippen LogP contribution < -0.4 is 5.43 Å². The molecule has 0 aromatic carbocycles. The normalized spacial score (nSPS) is 12.9. The Morgan fingerprint density at radius 3 is 2.62 bits per heavy atom. The lowest BCUT2D eigenvalue weighted by Crippen LogP contribution is -2.14. The second kappa shape index (κ2) is 3.20. The number of hydrogen-bond acceptors (Lipinski definition) is 2. The highest BCUT2D eigenvalue weighted by Gasteiger charge is 2.15. The van der Waals surface area contributed by atoms with Crippen molar-refractivity contribution in [2.45, 2.75) is 20.0 Å². The fraction of sp³-hybridized carbons (Fsp3) is 0.444. The molecule has 1 aromatic rings. The van der Waals surface area contributed by atoms with Crippen LogP contribution in [-0.2, 0) is 7.05 Å². The van der Waals surface area contributed by atoms with Crippen molar-refractivity contribution in [1.82, 2.24) is 4.57 Å². The molecular weight excluding hydrogens is 173 g/mol. The van der Waals surface area contributed by atoms with E-state index < -0.39 is 17.3 Å². The van der Waals surface area contributed by atoms with Crippen LogP contribution in [0.2, 0.25) is 0 Å². The van der Waals surface area contributed by atoms with E-state index in [0.717, 1.165) is 0 Å². The van der Waals surface area contributed by atoms with Crippen molar-refractivity contribution in [3.8, 4) is 5.75 Å². The molecule has 0 aliphatic heterocycles. The number of aromatic hydroxyl groups is 1. The molecule has 0 saturated carbocycles. The quantitative estimate of drug-likeness (QED) is 0.719. The van der Waals surface area contributed by atoms with Crippen molar-refractivity contribution in [3.63, 3.8) is 0 Å². The van der Waals surface area contributed by atoms with Crippen LogP contribution in [0.3, 0.4) is 0 Å². The number of alkyl halides is 1. The molecular formula is C9H12FNO2. The maximum atomic E-state index is 13.0. The van der Waals surface area contributed by atoms with Gasteiger partial charge in [0.15, 0.2) is 5.75 Å². The van der Waals surface area contributed by atoms with Crippen LogP contribution in [0.1, 0.15) is 24.5 Å². The molecule has 1 N–H and O–H groups in total. The van der Waals surface area contributed by atoms with Gasteiger partial charge in [0.25, 0.3) is 0 Å². The fourth-order valence-corrected chi connectivity index (χ4v) is 1.29. The highest BCUT2D eigenvalue weighted by Crippen LogP contribution is 2.23. The minimum atomic E-state index is -1.35. The zero-order chi connectivity index (χ0) is 10.2. The Hall–Kier alpha value is -1.32. The number of nitrogens with zero attached hydrogens (tertiary/aromatic N) is 1. The first kappa shape index (κ1) is 9.77. The highest BCUT2D eigenvalue weighted by molar-refractivity contribution is 5.30. The number of hydrogen-bond donors (Lipinski definition) is 1. The summed E-state index contributed by atoms with van der Waals surface area (Å²) in [4.78, 5) is 11.1. The van der Waals surface area contributed by atoms with E-state index in [1.165, 1.54) is 17.6 Å². The molecule has 1 unspecified atom stereocenters. The Kier molecular flexibility index (Phi) is 2.40. The summed E-state index contributed by atoms with van der Waals surface area (Å²) in [5.41, 5.74) is 0.127. The summed E-state index contributed by atoms with van der Waals surface area (Å²) >= 11 is 0. The van der Waals surface area contributed by atoms with E-state index in [1.54, 1.807) is 14.0 Å².